The molecule has 0 unspecified atom stereocenters. The molecule has 0 aliphatic rings. The summed E-state index contributed by atoms with van der Waals surface area (Å²) in [6.07, 6.45) is 3.26. The van der Waals surface area contributed by atoms with Crippen molar-refractivity contribution < 1.29 is 8.42 Å². The SMILES string of the molecule is CS(=O)(=O)c1ccc(Br)cc1.CSc1ccc(Br)cc1. The molecule has 0 saturated heterocycles. The van der Waals surface area contributed by atoms with Crippen LogP contribution in [0.3, 0.4) is 0 Å². The number of thioether (sulfide) groups is 1. The van der Waals surface area contributed by atoms with Crippen LogP contribution in [-0.2, 0) is 9.84 Å². The molecule has 0 fully saturated rings. The lowest BCUT2D eigenvalue weighted by Crippen LogP contribution is -1.95. The molecule has 0 heterocycles. The molecule has 0 atom stereocenters. The molecule has 2 nitrogen and oxygen atoms in total. The number of halogens is 2. The molecule has 0 bridgehead atoms. The van der Waals surface area contributed by atoms with Gasteiger partial charge in [-0.3, -0.25) is 0 Å². The molecule has 108 valence electrons. The number of hydrogen-bond donors (Lipinski definition) is 0. The molecular formula is C14H14Br2O2S2. The van der Waals surface area contributed by atoms with E-state index in [1.54, 1.807) is 36.0 Å². The fraction of sp³-hybridized carbons (Fsp3) is 0.143. The van der Waals surface area contributed by atoms with E-state index in [1.807, 2.05) is 12.1 Å². The molecule has 0 aliphatic carbocycles. The van der Waals surface area contributed by atoms with E-state index in [1.165, 1.54) is 11.2 Å². The van der Waals surface area contributed by atoms with Gasteiger partial charge in [0.1, 0.15) is 0 Å². The summed E-state index contributed by atoms with van der Waals surface area (Å²) in [5, 5.41) is 0. The standard InChI is InChI=1S/C7H7BrO2S.C7H7BrS/c1-11(9,10)7-4-2-6(8)3-5-7;1-9-7-4-2-6(8)3-5-7/h2-5H,1H3;2-5H,1H3. The van der Waals surface area contributed by atoms with Crippen molar-refractivity contribution in [2.75, 3.05) is 12.5 Å². The molecule has 20 heavy (non-hydrogen) atoms. The van der Waals surface area contributed by atoms with Gasteiger partial charge in [-0.25, -0.2) is 8.42 Å². The Hall–Kier alpha value is -0.300. The second-order valence-electron chi connectivity index (χ2n) is 3.88. The summed E-state index contributed by atoms with van der Waals surface area (Å²) in [7, 11) is -3.04. The van der Waals surface area contributed by atoms with Crippen molar-refractivity contribution in [1.29, 1.82) is 0 Å². The van der Waals surface area contributed by atoms with E-state index < -0.39 is 9.84 Å². The van der Waals surface area contributed by atoms with Crippen LogP contribution in [0.25, 0.3) is 0 Å². The molecule has 0 saturated carbocycles. The van der Waals surface area contributed by atoms with Crippen LogP contribution in [0.4, 0.5) is 0 Å². The van der Waals surface area contributed by atoms with E-state index in [0.717, 1.165) is 8.95 Å². The van der Waals surface area contributed by atoms with E-state index in [9.17, 15) is 8.42 Å². The maximum Gasteiger partial charge on any atom is 0.175 e. The van der Waals surface area contributed by atoms with Crippen LogP contribution in [0, 0.1) is 0 Å². The first-order valence-corrected chi connectivity index (χ1v) is 10.3. The van der Waals surface area contributed by atoms with Gasteiger partial charge in [0.15, 0.2) is 9.84 Å². The van der Waals surface area contributed by atoms with E-state index in [4.69, 9.17) is 0 Å². The van der Waals surface area contributed by atoms with Crippen molar-refractivity contribution in [3.05, 3.63) is 57.5 Å². The molecule has 2 aromatic rings. The second-order valence-corrected chi connectivity index (χ2v) is 8.61. The Balaban J connectivity index is 0.000000204. The van der Waals surface area contributed by atoms with Crippen molar-refractivity contribution >= 4 is 53.5 Å². The third-order valence-electron chi connectivity index (χ3n) is 2.29. The minimum absolute atomic E-state index is 0.348. The van der Waals surface area contributed by atoms with Crippen molar-refractivity contribution in [1.82, 2.24) is 0 Å². The fourth-order valence-electron chi connectivity index (χ4n) is 1.25. The molecule has 0 aliphatic heterocycles. The summed E-state index contributed by atoms with van der Waals surface area (Å²) in [4.78, 5) is 1.65. The van der Waals surface area contributed by atoms with Crippen LogP contribution >= 0.6 is 43.6 Å². The fourth-order valence-corrected chi connectivity index (χ4v) is 2.82. The van der Waals surface area contributed by atoms with Gasteiger partial charge in [-0.1, -0.05) is 31.9 Å². The zero-order valence-corrected chi connectivity index (χ0v) is 15.8. The van der Waals surface area contributed by atoms with Crippen LogP contribution in [0.1, 0.15) is 0 Å². The maximum atomic E-state index is 10.9. The van der Waals surface area contributed by atoms with E-state index >= 15 is 0 Å². The molecule has 2 rings (SSSR count). The number of sulfone groups is 1. The lowest BCUT2D eigenvalue weighted by molar-refractivity contribution is 0.602. The van der Waals surface area contributed by atoms with Crippen LogP contribution in [0.5, 0.6) is 0 Å². The molecule has 6 heteroatoms. The third kappa shape index (κ3) is 6.43. The van der Waals surface area contributed by atoms with Gasteiger partial charge < -0.3 is 0 Å². The highest BCUT2D eigenvalue weighted by Gasteiger charge is 2.04. The van der Waals surface area contributed by atoms with Crippen LogP contribution < -0.4 is 0 Å². The lowest BCUT2D eigenvalue weighted by Gasteiger charge is -1.96. The first kappa shape index (κ1) is 17.8. The molecule has 0 N–H and O–H groups in total. The highest BCUT2D eigenvalue weighted by Crippen LogP contribution is 2.17. The minimum Gasteiger partial charge on any atom is -0.224 e. The van der Waals surface area contributed by atoms with Crippen LogP contribution in [-0.4, -0.2) is 20.9 Å². The van der Waals surface area contributed by atoms with Crippen LogP contribution in [0.2, 0.25) is 0 Å². The first-order valence-electron chi connectivity index (χ1n) is 5.58. The zero-order chi connectivity index (χ0) is 15.2. The van der Waals surface area contributed by atoms with Crippen molar-refractivity contribution in [3.63, 3.8) is 0 Å². The van der Waals surface area contributed by atoms with Gasteiger partial charge in [0.2, 0.25) is 0 Å². The summed E-state index contributed by atoms with van der Waals surface area (Å²) in [5.41, 5.74) is 0. The average Bonchev–Trinajstić information content (AvgIpc) is 2.40. The first-order chi connectivity index (χ1) is 9.32. The summed E-state index contributed by atoms with van der Waals surface area (Å²) >= 11 is 8.34. The Bertz CT molecular complexity index is 636. The van der Waals surface area contributed by atoms with E-state index in [2.05, 4.69) is 50.2 Å². The Morgan fingerprint density at radius 1 is 0.850 bits per heavy atom. The quantitative estimate of drug-likeness (QED) is 0.618. The smallest absolute Gasteiger partial charge is 0.175 e. The molecule has 2 aromatic carbocycles. The van der Waals surface area contributed by atoms with E-state index in [-0.39, 0.29) is 0 Å². The Morgan fingerprint density at radius 3 is 1.60 bits per heavy atom. The third-order valence-corrected chi connectivity index (χ3v) is 5.22. The summed E-state index contributed by atoms with van der Waals surface area (Å²) in [5.74, 6) is 0. The van der Waals surface area contributed by atoms with Gasteiger partial charge >= 0.3 is 0 Å². The molecule has 0 aromatic heterocycles. The molecule has 0 spiro atoms. The highest BCUT2D eigenvalue weighted by atomic mass is 79.9. The van der Waals surface area contributed by atoms with Gasteiger partial charge in [-0.15, -0.1) is 11.8 Å². The monoisotopic (exact) mass is 436 g/mol. The van der Waals surface area contributed by atoms with Crippen molar-refractivity contribution in [3.8, 4) is 0 Å². The van der Waals surface area contributed by atoms with Crippen molar-refractivity contribution in [2.24, 2.45) is 0 Å². The predicted octanol–water partition coefficient (Wildman–Crippen LogP) is 5.02. The summed E-state index contributed by atoms with van der Waals surface area (Å²) in [6.45, 7) is 0. The number of benzene rings is 2. The van der Waals surface area contributed by atoms with Crippen LogP contribution in [0.15, 0.2) is 67.3 Å². The minimum atomic E-state index is -3.04. The van der Waals surface area contributed by atoms with Gasteiger partial charge in [0.05, 0.1) is 4.90 Å². The number of hydrogen-bond acceptors (Lipinski definition) is 3. The largest absolute Gasteiger partial charge is 0.224 e. The van der Waals surface area contributed by atoms with Crippen molar-refractivity contribution in [2.45, 2.75) is 9.79 Å². The Labute approximate surface area is 141 Å². The normalized spacial score (nSPS) is 10.6. The van der Waals surface area contributed by atoms with Gasteiger partial charge in [0, 0.05) is 20.1 Å². The molecule has 0 amide bonds. The summed E-state index contributed by atoms with van der Waals surface area (Å²) < 4.78 is 23.9. The molecule has 0 radical (unpaired) electrons. The van der Waals surface area contributed by atoms with E-state index in [0.29, 0.717) is 4.90 Å². The Kier molecular flexibility index (Phi) is 7.29. The number of rotatable bonds is 2. The molecular weight excluding hydrogens is 424 g/mol. The predicted molar refractivity (Wildman–Crippen MR) is 93.2 cm³/mol. The topological polar surface area (TPSA) is 34.1 Å². The zero-order valence-electron chi connectivity index (χ0n) is 11.0. The second kappa shape index (κ2) is 8.22. The van der Waals surface area contributed by atoms with Gasteiger partial charge in [0.25, 0.3) is 0 Å². The Morgan fingerprint density at radius 2 is 1.25 bits per heavy atom. The van der Waals surface area contributed by atoms with Gasteiger partial charge in [-0.2, -0.15) is 0 Å². The highest BCUT2D eigenvalue weighted by molar-refractivity contribution is 9.10. The van der Waals surface area contributed by atoms with Gasteiger partial charge in [-0.05, 0) is 54.8 Å². The average molecular weight is 438 g/mol. The summed E-state index contributed by atoms with van der Waals surface area (Å²) in [6, 6.07) is 14.8. The lowest BCUT2D eigenvalue weighted by atomic mass is 10.4. The maximum absolute atomic E-state index is 10.9.